The molecule has 0 atom stereocenters. The van der Waals surface area contributed by atoms with E-state index in [2.05, 4.69) is 29.6 Å². The largest absolute Gasteiger partial charge is 0.459 e. The molecule has 0 radical (unpaired) electrons. The van der Waals surface area contributed by atoms with Gasteiger partial charge in [-0.05, 0) is 49.3 Å². The van der Waals surface area contributed by atoms with Crippen molar-refractivity contribution >= 4 is 11.8 Å². The zero-order chi connectivity index (χ0) is 18.2. The van der Waals surface area contributed by atoms with Gasteiger partial charge >= 0.3 is 0 Å². The molecular weight excluding hydrogens is 328 g/mol. The fourth-order valence-corrected chi connectivity index (χ4v) is 3.43. The number of rotatable bonds is 7. The molecular formula is C21H26N2O3. The Hall–Kier alpha value is -2.56. The number of amides is 2. The molecule has 138 valence electrons. The van der Waals surface area contributed by atoms with Gasteiger partial charge in [-0.15, -0.1) is 0 Å². The summed E-state index contributed by atoms with van der Waals surface area (Å²) in [4.78, 5) is 26.0. The van der Waals surface area contributed by atoms with Crippen LogP contribution in [0.2, 0.25) is 0 Å². The SMILES string of the molecule is O=C(NCCCC(=O)N1CCC(Cc2ccccc2)CC1)c1ccco1. The third kappa shape index (κ3) is 5.22. The Kier molecular flexibility index (Phi) is 6.47. The third-order valence-corrected chi connectivity index (χ3v) is 4.93. The Morgan fingerprint density at radius 1 is 1.08 bits per heavy atom. The summed E-state index contributed by atoms with van der Waals surface area (Å²) in [6.07, 6.45) is 5.82. The van der Waals surface area contributed by atoms with Crippen molar-refractivity contribution in [1.29, 1.82) is 0 Å². The van der Waals surface area contributed by atoms with E-state index in [1.165, 1.54) is 11.8 Å². The van der Waals surface area contributed by atoms with Crippen LogP contribution < -0.4 is 5.32 Å². The van der Waals surface area contributed by atoms with Gasteiger partial charge in [-0.3, -0.25) is 9.59 Å². The van der Waals surface area contributed by atoms with Crippen LogP contribution in [0.15, 0.2) is 53.1 Å². The summed E-state index contributed by atoms with van der Waals surface area (Å²) in [6, 6.07) is 13.9. The molecule has 1 aromatic heterocycles. The minimum absolute atomic E-state index is 0.190. The molecule has 1 aliphatic heterocycles. The fraction of sp³-hybridized carbons (Fsp3) is 0.429. The van der Waals surface area contributed by atoms with Gasteiger partial charge in [-0.1, -0.05) is 30.3 Å². The van der Waals surface area contributed by atoms with Crippen LogP contribution in [0.1, 0.15) is 41.8 Å². The maximum Gasteiger partial charge on any atom is 0.286 e. The molecule has 0 saturated carbocycles. The molecule has 0 aliphatic carbocycles. The standard InChI is InChI=1S/C21H26N2O3/c24-20(9-4-12-22-21(25)19-8-5-15-26-19)23-13-10-18(11-14-23)16-17-6-2-1-3-7-17/h1-3,5-8,15,18H,4,9-14,16H2,(H,22,25). The molecule has 2 aromatic rings. The maximum atomic E-state index is 12.3. The zero-order valence-electron chi connectivity index (χ0n) is 15.0. The number of hydrogen-bond donors (Lipinski definition) is 1. The number of carbonyl (C=O) groups excluding carboxylic acids is 2. The quantitative estimate of drug-likeness (QED) is 0.776. The summed E-state index contributed by atoms with van der Waals surface area (Å²) < 4.78 is 5.03. The van der Waals surface area contributed by atoms with Gasteiger partial charge in [0.15, 0.2) is 5.76 Å². The zero-order valence-corrected chi connectivity index (χ0v) is 15.0. The normalized spacial score (nSPS) is 15.0. The number of benzene rings is 1. The molecule has 5 heteroatoms. The fourth-order valence-electron chi connectivity index (χ4n) is 3.43. The van der Waals surface area contributed by atoms with Gasteiger partial charge in [0.25, 0.3) is 5.91 Å². The average molecular weight is 354 g/mol. The van der Waals surface area contributed by atoms with Gasteiger partial charge in [-0.25, -0.2) is 0 Å². The first-order valence-corrected chi connectivity index (χ1v) is 9.36. The summed E-state index contributed by atoms with van der Waals surface area (Å²) in [6.45, 7) is 2.17. The predicted octanol–water partition coefficient (Wildman–Crippen LogP) is 3.27. The number of nitrogens with one attached hydrogen (secondary N) is 1. The lowest BCUT2D eigenvalue weighted by Gasteiger charge is -2.32. The van der Waals surface area contributed by atoms with Gasteiger partial charge in [0.05, 0.1) is 6.26 Å². The Morgan fingerprint density at radius 3 is 2.54 bits per heavy atom. The van der Waals surface area contributed by atoms with E-state index >= 15 is 0 Å². The number of piperidine rings is 1. The highest BCUT2D eigenvalue weighted by Gasteiger charge is 2.22. The highest BCUT2D eigenvalue weighted by atomic mass is 16.3. The van der Waals surface area contributed by atoms with Gasteiger partial charge in [0, 0.05) is 26.1 Å². The summed E-state index contributed by atoms with van der Waals surface area (Å²) in [5, 5.41) is 2.77. The molecule has 2 heterocycles. The van der Waals surface area contributed by atoms with E-state index < -0.39 is 0 Å². The Labute approximate surface area is 154 Å². The number of furan rings is 1. The molecule has 1 saturated heterocycles. The van der Waals surface area contributed by atoms with Crippen molar-refractivity contribution in [2.75, 3.05) is 19.6 Å². The van der Waals surface area contributed by atoms with Crippen molar-refractivity contribution in [2.45, 2.75) is 32.1 Å². The first kappa shape index (κ1) is 18.2. The summed E-state index contributed by atoms with van der Waals surface area (Å²) >= 11 is 0. The van der Waals surface area contributed by atoms with Crippen LogP contribution in [-0.2, 0) is 11.2 Å². The van der Waals surface area contributed by atoms with Crippen LogP contribution in [0, 0.1) is 5.92 Å². The van der Waals surface area contributed by atoms with Crippen LogP contribution in [0.4, 0.5) is 0 Å². The molecule has 3 rings (SSSR count). The molecule has 1 fully saturated rings. The number of carbonyl (C=O) groups is 2. The van der Waals surface area contributed by atoms with Crippen LogP contribution >= 0.6 is 0 Å². The summed E-state index contributed by atoms with van der Waals surface area (Å²) in [5.74, 6) is 0.922. The minimum atomic E-state index is -0.232. The van der Waals surface area contributed by atoms with E-state index in [9.17, 15) is 9.59 Å². The highest BCUT2D eigenvalue weighted by molar-refractivity contribution is 5.91. The molecule has 1 aromatic carbocycles. The topological polar surface area (TPSA) is 62.6 Å². The lowest BCUT2D eigenvalue weighted by Crippen LogP contribution is -2.39. The van der Waals surface area contributed by atoms with Gasteiger partial charge < -0.3 is 14.6 Å². The molecule has 0 bridgehead atoms. The Balaban J connectivity index is 1.31. The summed E-state index contributed by atoms with van der Waals surface area (Å²) in [5.41, 5.74) is 1.38. The molecule has 0 unspecified atom stereocenters. The third-order valence-electron chi connectivity index (χ3n) is 4.93. The van der Waals surface area contributed by atoms with Crippen molar-refractivity contribution in [1.82, 2.24) is 10.2 Å². The molecule has 1 N–H and O–H groups in total. The average Bonchev–Trinajstić information content (AvgIpc) is 3.21. The second kappa shape index (κ2) is 9.22. The summed E-state index contributed by atoms with van der Waals surface area (Å²) in [7, 11) is 0. The van der Waals surface area contributed by atoms with Crippen molar-refractivity contribution in [3.63, 3.8) is 0 Å². The Morgan fingerprint density at radius 2 is 1.85 bits per heavy atom. The predicted molar refractivity (Wildman–Crippen MR) is 99.7 cm³/mol. The lowest BCUT2D eigenvalue weighted by molar-refractivity contribution is -0.132. The molecule has 26 heavy (non-hydrogen) atoms. The van der Waals surface area contributed by atoms with E-state index in [0.717, 1.165) is 32.4 Å². The van der Waals surface area contributed by atoms with Gasteiger partial charge in [0.1, 0.15) is 0 Å². The maximum absolute atomic E-state index is 12.3. The van der Waals surface area contributed by atoms with Gasteiger partial charge in [-0.2, -0.15) is 0 Å². The van der Waals surface area contributed by atoms with Crippen molar-refractivity contribution in [2.24, 2.45) is 5.92 Å². The van der Waals surface area contributed by atoms with E-state index in [4.69, 9.17) is 4.42 Å². The molecule has 0 spiro atoms. The van der Waals surface area contributed by atoms with Gasteiger partial charge in [0.2, 0.25) is 5.91 Å². The van der Waals surface area contributed by atoms with Crippen LogP contribution in [-0.4, -0.2) is 36.3 Å². The monoisotopic (exact) mass is 354 g/mol. The lowest BCUT2D eigenvalue weighted by atomic mass is 9.90. The molecule has 2 amide bonds. The molecule has 1 aliphatic rings. The van der Waals surface area contributed by atoms with Crippen LogP contribution in [0.5, 0.6) is 0 Å². The van der Waals surface area contributed by atoms with Crippen molar-refractivity contribution < 1.29 is 14.0 Å². The Bertz CT molecular complexity index is 689. The van der Waals surface area contributed by atoms with Crippen LogP contribution in [0.3, 0.4) is 0 Å². The number of nitrogens with zero attached hydrogens (tertiary/aromatic N) is 1. The second-order valence-electron chi connectivity index (χ2n) is 6.85. The number of likely N-dealkylation sites (tertiary alicyclic amines) is 1. The first-order valence-electron chi connectivity index (χ1n) is 9.36. The van der Waals surface area contributed by atoms with E-state index in [-0.39, 0.29) is 11.8 Å². The minimum Gasteiger partial charge on any atom is -0.459 e. The highest BCUT2D eigenvalue weighted by Crippen LogP contribution is 2.22. The van der Waals surface area contributed by atoms with E-state index in [1.54, 1.807) is 12.1 Å². The first-order chi connectivity index (χ1) is 12.7. The molecule has 5 nitrogen and oxygen atoms in total. The van der Waals surface area contributed by atoms with Crippen molar-refractivity contribution in [3.05, 3.63) is 60.1 Å². The van der Waals surface area contributed by atoms with E-state index in [0.29, 0.717) is 31.1 Å². The number of hydrogen-bond acceptors (Lipinski definition) is 3. The smallest absolute Gasteiger partial charge is 0.286 e. The van der Waals surface area contributed by atoms with Crippen LogP contribution in [0.25, 0.3) is 0 Å². The van der Waals surface area contributed by atoms with E-state index in [1.807, 2.05) is 11.0 Å². The van der Waals surface area contributed by atoms with Crippen molar-refractivity contribution in [3.8, 4) is 0 Å². The second-order valence-corrected chi connectivity index (χ2v) is 6.85.